The van der Waals surface area contributed by atoms with Crippen molar-refractivity contribution >= 4 is 18.8 Å². The smallest absolute Gasteiger partial charge is 0.302 e. The lowest BCUT2D eigenvalue weighted by Crippen LogP contribution is -2.56. The van der Waals surface area contributed by atoms with Gasteiger partial charge in [0.15, 0.2) is 0 Å². The van der Waals surface area contributed by atoms with Crippen molar-refractivity contribution in [2.75, 3.05) is 0 Å². The first-order chi connectivity index (χ1) is 8.15. The van der Waals surface area contributed by atoms with Gasteiger partial charge in [-0.25, -0.2) is 0 Å². The summed E-state index contributed by atoms with van der Waals surface area (Å²) < 4.78 is 15.5. The maximum atomic E-state index is 15.5. The van der Waals surface area contributed by atoms with Crippen LogP contribution in [-0.4, -0.2) is 8.41 Å². The molecule has 0 aliphatic rings. The van der Waals surface area contributed by atoms with Gasteiger partial charge in [-0.2, -0.15) is 0 Å². The summed E-state index contributed by atoms with van der Waals surface area (Å²) in [5.41, 5.74) is 0.0345. The third kappa shape index (κ3) is 2.18. The Hall–Kier alpha value is -1.41. The molecule has 0 aliphatic carbocycles. The molecule has 0 atom stereocenters. The molecule has 0 spiro atoms. The first-order valence-electron chi connectivity index (χ1n) is 5.95. The third-order valence-electron chi connectivity index (χ3n) is 3.18. The molecule has 0 saturated carbocycles. The van der Waals surface area contributed by atoms with Crippen molar-refractivity contribution in [1.29, 1.82) is 0 Å². The van der Waals surface area contributed by atoms with Crippen LogP contribution in [0.25, 0.3) is 0 Å². The monoisotopic (exact) mass is 244 g/mol. The number of hydrogen-bond acceptors (Lipinski definition) is 0. The molecule has 0 amide bonds. The van der Waals surface area contributed by atoms with Gasteiger partial charge in [-0.1, -0.05) is 74.5 Å². The van der Waals surface area contributed by atoms with E-state index in [0.717, 1.165) is 10.4 Å². The molecule has 0 radical (unpaired) electrons. The lowest BCUT2D eigenvalue weighted by Gasteiger charge is -2.27. The summed E-state index contributed by atoms with van der Waals surface area (Å²) in [7, 11) is -3.08. The summed E-state index contributed by atoms with van der Waals surface area (Å²) >= 11 is 0. The molecule has 2 heteroatoms. The standard InChI is InChI=1S/C15H17FSi/c1-13(2)17(16,14-9-5-3-6-10-14)15-11-7-4-8-12-15/h3-13H,1-2H3. The van der Waals surface area contributed by atoms with E-state index in [0.29, 0.717) is 0 Å². The second-order valence-corrected chi connectivity index (χ2v) is 8.33. The Kier molecular flexibility index (Phi) is 3.43. The zero-order valence-electron chi connectivity index (χ0n) is 10.2. The number of halogens is 1. The molecular formula is C15H17FSi. The molecular weight excluding hydrogens is 227 g/mol. The third-order valence-corrected chi connectivity index (χ3v) is 7.12. The summed E-state index contributed by atoms with van der Waals surface area (Å²) in [4.78, 5) is 0. The fourth-order valence-electron chi connectivity index (χ4n) is 2.19. The summed E-state index contributed by atoms with van der Waals surface area (Å²) in [5.74, 6) is 0. The molecule has 2 aromatic carbocycles. The van der Waals surface area contributed by atoms with Crippen LogP contribution < -0.4 is 10.4 Å². The number of rotatable bonds is 3. The lowest BCUT2D eigenvalue weighted by molar-refractivity contribution is 0.769. The van der Waals surface area contributed by atoms with Gasteiger partial charge in [-0.05, 0) is 15.9 Å². The van der Waals surface area contributed by atoms with Crippen molar-refractivity contribution in [3.63, 3.8) is 0 Å². The van der Waals surface area contributed by atoms with Crippen LogP contribution in [0.1, 0.15) is 13.8 Å². The highest BCUT2D eigenvalue weighted by molar-refractivity contribution is 6.98. The van der Waals surface area contributed by atoms with E-state index < -0.39 is 8.41 Å². The van der Waals surface area contributed by atoms with Gasteiger partial charge < -0.3 is 4.11 Å². The van der Waals surface area contributed by atoms with E-state index in [1.807, 2.05) is 74.5 Å². The molecule has 0 N–H and O–H groups in total. The zero-order valence-corrected chi connectivity index (χ0v) is 11.2. The molecule has 0 saturated heterocycles. The predicted molar refractivity (Wildman–Crippen MR) is 74.1 cm³/mol. The normalized spacial score (nSPS) is 11.8. The zero-order chi connectivity index (χ0) is 12.3. The van der Waals surface area contributed by atoms with Gasteiger partial charge in [-0.3, -0.25) is 0 Å². The Bertz CT molecular complexity index is 425. The topological polar surface area (TPSA) is 0 Å². The highest BCUT2D eigenvalue weighted by atomic mass is 28.4. The minimum absolute atomic E-state index is 0.0345. The molecule has 0 fully saturated rings. The van der Waals surface area contributed by atoms with E-state index in [4.69, 9.17) is 0 Å². The minimum atomic E-state index is -3.08. The van der Waals surface area contributed by atoms with E-state index in [1.165, 1.54) is 0 Å². The largest absolute Gasteiger partial charge is 0.310 e. The van der Waals surface area contributed by atoms with Gasteiger partial charge in [0.1, 0.15) is 0 Å². The summed E-state index contributed by atoms with van der Waals surface area (Å²) in [6.07, 6.45) is 0. The van der Waals surface area contributed by atoms with Crippen molar-refractivity contribution < 1.29 is 4.11 Å². The van der Waals surface area contributed by atoms with Crippen LogP contribution in [0.5, 0.6) is 0 Å². The summed E-state index contributed by atoms with van der Waals surface area (Å²) in [6.45, 7) is 3.96. The Morgan fingerprint density at radius 3 is 1.41 bits per heavy atom. The number of hydrogen-bond donors (Lipinski definition) is 0. The molecule has 0 aromatic heterocycles. The molecule has 17 heavy (non-hydrogen) atoms. The van der Waals surface area contributed by atoms with Crippen LogP contribution in [0.15, 0.2) is 60.7 Å². The quantitative estimate of drug-likeness (QED) is 0.575. The molecule has 2 rings (SSSR count). The van der Waals surface area contributed by atoms with Gasteiger partial charge in [0.25, 0.3) is 0 Å². The predicted octanol–water partition coefficient (Wildman–Crippen LogP) is 3.13. The lowest BCUT2D eigenvalue weighted by atomic mass is 10.4. The Balaban J connectivity index is 2.55. The molecule has 0 unspecified atom stereocenters. The van der Waals surface area contributed by atoms with Crippen molar-refractivity contribution in [3.05, 3.63) is 60.7 Å². The van der Waals surface area contributed by atoms with Crippen molar-refractivity contribution in [1.82, 2.24) is 0 Å². The molecule has 0 heterocycles. The molecule has 2 aromatic rings. The van der Waals surface area contributed by atoms with E-state index in [9.17, 15) is 0 Å². The van der Waals surface area contributed by atoms with Crippen LogP contribution in [-0.2, 0) is 0 Å². The average molecular weight is 244 g/mol. The Morgan fingerprint density at radius 1 is 0.765 bits per heavy atom. The first-order valence-corrected chi connectivity index (χ1v) is 7.91. The van der Waals surface area contributed by atoms with Crippen molar-refractivity contribution in [2.24, 2.45) is 0 Å². The second kappa shape index (κ2) is 4.84. The SMILES string of the molecule is CC(C)[Si](F)(c1ccccc1)c1ccccc1. The second-order valence-electron chi connectivity index (χ2n) is 4.60. The van der Waals surface area contributed by atoms with Crippen LogP contribution in [0.3, 0.4) is 0 Å². The van der Waals surface area contributed by atoms with E-state index in [1.54, 1.807) is 0 Å². The first kappa shape index (κ1) is 12.1. The molecule has 0 nitrogen and oxygen atoms in total. The maximum absolute atomic E-state index is 15.5. The highest BCUT2D eigenvalue weighted by Crippen LogP contribution is 2.22. The fourth-order valence-corrected chi connectivity index (χ4v) is 5.22. The van der Waals surface area contributed by atoms with Gasteiger partial charge in [-0.15, -0.1) is 0 Å². The van der Waals surface area contributed by atoms with Gasteiger partial charge in [0, 0.05) is 0 Å². The van der Waals surface area contributed by atoms with Gasteiger partial charge >= 0.3 is 8.41 Å². The van der Waals surface area contributed by atoms with Gasteiger partial charge in [0.2, 0.25) is 0 Å². The average Bonchev–Trinajstić information content (AvgIpc) is 2.39. The number of benzene rings is 2. The van der Waals surface area contributed by atoms with Crippen molar-refractivity contribution in [2.45, 2.75) is 19.4 Å². The Labute approximate surface area is 103 Å². The fraction of sp³-hybridized carbons (Fsp3) is 0.200. The van der Waals surface area contributed by atoms with E-state index in [-0.39, 0.29) is 5.54 Å². The summed E-state index contributed by atoms with van der Waals surface area (Å²) in [6, 6.07) is 19.2. The van der Waals surface area contributed by atoms with E-state index in [2.05, 4.69) is 0 Å². The summed E-state index contributed by atoms with van der Waals surface area (Å²) in [5, 5.41) is 1.72. The molecule has 88 valence electrons. The molecule has 0 bridgehead atoms. The van der Waals surface area contributed by atoms with Crippen LogP contribution >= 0.6 is 0 Å². The molecule has 0 aliphatic heterocycles. The van der Waals surface area contributed by atoms with Gasteiger partial charge in [0.05, 0.1) is 0 Å². The van der Waals surface area contributed by atoms with Crippen molar-refractivity contribution in [3.8, 4) is 0 Å². The highest BCUT2D eigenvalue weighted by Gasteiger charge is 2.41. The minimum Gasteiger partial charge on any atom is -0.302 e. The van der Waals surface area contributed by atoms with Crippen LogP contribution in [0.4, 0.5) is 4.11 Å². The Morgan fingerprint density at radius 2 is 1.12 bits per heavy atom. The van der Waals surface area contributed by atoms with E-state index >= 15 is 4.11 Å². The van der Waals surface area contributed by atoms with Crippen LogP contribution in [0, 0.1) is 0 Å². The van der Waals surface area contributed by atoms with Crippen LogP contribution in [0.2, 0.25) is 5.54 Å². The maximum Gasteiger partial charge on any atom is 0.310 e.